The Morgan fingerprint density at radius 2 is 2.06 bits per heavy atom. The van der Waals surface area contributed by atoms with Gasteiger partial charge >= 0.3 is 5.97 Å². The summed E-state index contributed by atoms with van der Waals surface area (Å²) in [7, 11) is 5.18. The molecule has 1 saturated heterocycles. The molecular weight excluding hydrogens is 449 g/mol. The molecule has 176 valence electrons. The van der Waals surface area contributed by atoms with Crippen LogP contribution in [0.2, 0.25) is 5.02 Å². The number of amidine groups is 1. The first-order valence-electron chi connectivity index (χ1n) is 10.4. The Hall–Kier alpha value is -2.09. The number of benzene rings is 1. The van der Waals surface area contributed by atoms with Crippen LogP contribution in [0.5, 0.6) is 0 Å². The molecule has 0 spiro atoms. The van der Waals surface area contributed by atoms with E-state index in [2.05, 4.69) is 33.6 Å². The fourth-order valence-corrected chi connectivity index (χ4v) is 4.00. The number of allylic oxidation sites excluding steroid dienone is 3. The Balaban J connectivity index is 0.000000384. The lowest BCUT2D eigenvalue weighted by Crippen LogP contribution is -2.34. The molecule has 0 aliphatic carbocycles. The third-order valence-corrected chi connectivity index (χ3v) is 5.70. The van der Waals surface area contributed by atoms with Crippen LogP contribution >= 0.6 is 23.4 Å². The van der Waals surface area contributed by atoms with Crippen molar-refractivity contribution in [1.82, 2.24) is 10.2 Å². The molecule has 2 aliphatic rings. The summed E-state index contributed by atoms with van der Waals surface area (Å²) in [4.78, 5) is 19.9. The molecule has 1 aromatic rings. The van der Waals surface area contributed by atoms with Crippen molar-refractivity contribution in [2.75, 3.05) is 34.3 Å². The van der Waals surface area contributed by atoms with Crippen molar-refractivity contribution in [3.05, 3.63) is 68.8 Å². The van der Waals surface area contributed by atoms with E-state index in [1.807, 2.05) is 34.0 Å². The third-order valence-electron chi connectivity index (χ3n) is 4.38. The molecule has 8 heteroatoms. The summed E-state index contributed by atoms with van der Waals surface area (Å²) in [5, 5.41) is 5.24. The van der Waals surface area contributed by atoms with Crippen LogP contribution in [0.4, 0.5) is 4.39 Å². The molecule has 0 aromatic heterocycles. The summed E-state index contributed by atoms with van der Waals surface area (Å²) in [6, 6.07) is 5.82. The van der Waals surface area contributed by atoms with E-state index in [0.717, 1.165) is 29.4 Å². The number of hydrogen-bond donors (Lipinski definition) is 1. The summed E-state index contributed by atoms with van der Waals surface area (Å²) < 4.78 is 17.0. The normalized spacial score (nSPS) is 17.8. The van der Waals surface area contributed by atoms with Crippen molar-refractivity contribution in [2.45, 2.75) is 27.2 Å². The Morgan fingerprint density at radius 1 is 1.38 bits per heavy atom. The maximum absolute atomic E-state index is 12.1. The van der Waals surface area contributed by atoms with Crippen LogP contribution in [0.3, 0.4) is 0 Å². The number of methoxy groups -OCH3 is 1. The standard InChI is InChI=1S/C16H22N2O2S.C6H4ClF.C2H7N/c1-5-7-21-14(6-2)15-17-9-12(16(19)20-4)13-8-11(3)10-18(13)15;7-5-2-1-3-6(8)4-5;1-3-2/h5-7,11H,8-10H2,1-4H3;1-4H;3H,1-2H3/b7-5-,14-6?;;. The van der Waals surface area contributed by atoms with Gasteiger partial charge in [0.25, 0.3) is 0 Å². The fourth-order valence-electron chi connectivity index (χ4n) is 3.13. The highest BCUT2D eigenvalue weighted by atomic mass is 35.5. The minimum atomic E-state index is -0.294. The van der Waals surface area contributed by atoms with Crippen molar-refractivity contribution in [2.24, 2.45) is 10.9 Å². The van der Waals surface area contributed by atoms with E-state index in [9.17, 15) is 9.18 Å². The second-order valence-electron chi connectivity index (χ2n) is 7.16. The Bertz CT molecular complexity index is 867. The largest absolute Gasteiger partial charge is 0.466 e. The summed E-state index contributed by atoms with van der Waals surface area (Å²) in [5.74, 6) is 0.952. The number of thioether (sulfide) groups is 1. The second kappa shape index (κ2) is 14.9. The number of ether oxygens (including phenoxy) is 1. The van der Waals surface area contributed by atoms with Crippen molar-refractivity contribution in [3.8, 4) is 0 Å². The number of nitrogens with one attached hydrogen (secondary N) is 1. The first-order chi connectivity index (χ1) is 15.3. The van der Waals surface area contributed by atoms with E-state index in [-0.39, 0.29) is 11.8 Å². The van der Waals surface area contributed by atoms with Gasteiger partial charge in [-0.1, -0.05) is 48.5 Å². The number of carbonyl (C=O) groups excluding carboxylic acids is 1. The maximum atomic E-state index is 12.1. The molecule has 2 aliphatic heterocycles. The number of nitrogens with zero attached hydrogens (tertiary/aromatic N) is 2. The number of fused-ring (bicyclic) bond motifs is 1. The smallest absolute Gasteiger partial charge is 0.337 e. The predicted molar refractivity (Wildman–Crippen MR) is 134 cm³/mol. The number of halogens is 2. The van der Waals surface area contributed by atoms with Gasteiger partial charge in [-0.05, 0) is 63.9 Å². The molecule has 0 radical (unpaired) electrons. The lowest BCUT2D eigenvalue weighted by atomic mass is 10.1. The van der Waals surface area contributed by atoms with Gasteiger partial charge in [0.1, 0.15) is 11.7 Å². The molecule has 1 unspecified atom stereocenters. The van der Waals surface area contributed by atoms with Crippen LogP contribution in [0.15, 0.2) is 63.0 Å². The van der Waals surface area contributed by atoms with Crippen molar-refractivity contribution in [1.29, 1.82) is 0 Å². The van der Waals surface area contributed by atoms with Crippen LogP contribution in [-0.2, 0) is 9.53 Å². The van der Waals surface area contributed by atoms with Gasteiger partial charge in [0.05, 0.1) is 19.2 Å². The van der Waals surface area contributed by atoms with Crippen LogP contribution in [0.25, 0.3) is 0 Å². The van der Waals surface area contributed by atoms with Crippen molar-refractivity contribution < 1.29 is 13.9 Å². The monoisotopic (exact) mass is 481 g/mol. The quantitative estimate of drug-likeness (QED) is 0.563. The molecule has 1 fully saturated rings. The van der Waals surface area contributed by atoms with Gasteiger partial charge < -0.3 is 15.0 Å². The van der Waals surface area contributed by atoms with Gasteiger partial charge in [-0.3, -0.25) is 4.99 Å². The Morgan fingerprint density at radius 3 is 2.56 bits per heavy atom. The maximum Gasteiger partial charge on any atom is 0.337 e. The highest BCUT2D eigenvalue weighted by Gasteiger charge is 2.35. The zero-order chi connectivity index (χ0) is 24.1. The third kappa shape index (κ3) is 8.45. The zero-order valence-electron chi connectivity index (χ0n) is 19.6. The number of hydrogen-bond acceptors (Lipinski definition) is 6. The number of carbonyl (C=O) groups is 1. The van der Waals surface area contributed by atoms with Gasteiger partial charge in [0, 0.05) is 22.2 Å². The molecule has 1 aromatic carbocycles. The average molecular weight is 482 g/mol. The highest BCUT2D eigenvalue weighted by molar-refractivity contribution is 8.06. The Labute approximate surface area is 200 Å². The van der Waals surface area contributed by atoms with E-state index in [1.54, 1.807) is 23.9 Å². The molecule has 1 N–H and O–H groups in total. The summed E-state index contributed by atoms with van der Waals surface area (Å²) in [6.07, 6.45) is 5.00. The minimum absolute atomic E-state index is 0.255. The molecule has 1 atom stereocenters. The minimum Gasteiger partial charge on any atom is -0.466 e. The molecule has 0 bridgehead atoms. The van der Waals surface area contributed by atoms with Crippen LogP contribution in [-0.4, -0.2) is 51.0 Å². The number of rotatable bonds is 4. The highest BCUT2D eigenvalue weighted by Crippen LogP contribution is 2.36. The van der Waals surface area contributed by atoms with Crippen LogP contribution in [0.1, 0.15) is 27.2 Å². The lowest BCUT2D eigenvalue weighted by Gasteiger charge is -2.28. The first kappa shape index (κ1) is 27.9. The molecule has 0 saturated carbocycles. The average Bonchev–Trinajstić information content (AvgIpc) is 3.16. The lowest BCUT2D eigenvalue weighted by molar-refractivity contribution is -0.136. The molecule has 0 amide bonds. The SMILES string of the molecule is CC=C(S/C=C\C)C1=NCC(C(=O)OC)=C2CC(C)CN12.CNC.Fc1cccc(Cl)c1. The summed E-state index contributed by atoms with van der Waals surface area (Å²) >= 11 is 7.07. The molecule has 5 nitrogen and oxygen atoms in total. The van der Waals surface area contributed by atoms with E-state index < -0.39 is 0 Å². The second-order valence-corrected chi connectivity index (χ2v) is 8.54. The topological polar surface area (TPSA) is 53.9 Å². The van der Waals surface area contributed by atoms with Gasteiger partial charge in [-0.25, -0.2) is 9.18 Å². The van der Waals surface area contributed by atoms with E-state index in [0.29, 0.717) is 23.1 Å². The molecular formula is C24H33ClFN3O2S. The van der Waals surface area contributed by atoms with Gasteiger partial charge in [-0.15, -0.1) is 0 Å². The number of aliphatic imine (C=N–C) groups is 1. The van der Waals surface area contributed by atoms with E-state index >= 15 is 0 Å². The van der Waals surface area contributed by atoms with Crippen molar-refractivity contribution >= 4 is 35.2 Å². The van der Waals surface area contributed by atoms with Gasteiger partial charge in [-0.2, -0.15) is 0 Å². The first-order valence-corrected chi connectivity index (χ1v) is 11.6. The zero-order valence-corrected chi connectivity index (χ0v) is 21.2. The Kier molecular flexibility index (Phi) is 13.0. The predicted octanol–water partition coefficient (Wildman–Crippen LogP) is 5.65. The van der Waals surface area contributed by atoms with Crippen LogP contribution in [0, 0.1) is 11.7 Å². The number of esters is 1. The molecule has 3 rings (SSSR count). The van der Waals surface area contributed by atoms with Gasteiger partial charge in [0.2, 0.25) is 0 Å². The van der Waals surface area contributed by atoms with E-state index in [4.69, 9.17) is 16.3 Å². The fraction of sp³-hybridized carbons (Fsp3) is 0.417. The molecule has 2 heterocycles. The van der Waals surface area contributed by atoms with Crippen LogP contribution < -0.4 is 5.32 Å². The van der Waals surface area contributed by atoms with E-state index in [1.165, 1.54) is 19.2 Å². The van der Waals surface area contributed by atoms with Crippen molar-refractivity contribution in [3.63, 3.8) is 0 Å². The van der Waals surface area contributed by atoms with Gasteiger partial charge in [0.15, 0.2) is 0 Å². The summed E-state index contributed by atoms with van der Waals surface area (Å²) in [5.41, 5.74) is 1.79. The molecule has 32 heavy (non-hydrogen) atoms. The summed E-state index contributed by atoms with van der Waals surface area (Å²) in [6.45, 7) is 7.54.